The van der Waals surface area contributed by atoms with Gasteiger partial charge in [-0.3, -0.25) is 4.90 Å². The number of aryl methyl sites for hydroxylation is 1. The van der Waals surface area contributed by atoms with E-state index in [1.807, 2.05) is 43.2 Å². The highest BCUT2D eigenvalue weighted by atomic mass is 35.5. The zero-order valence-electron chi connectivity index (χ0n) is 12.8. The van der Waals surface area contributed by atoms with Gasteiger partial charge in [0.05, 0.1) is 17.3 Å². The minimum absolute atomic E-state index is 0.688. The van der Waals surface area contributed by atoms with Crippen LogP contribution in [0.25, 0.3) is 0 Å². The molecular weight excluding hydrogens is 286 g/mol. The summed E-state index contributed by atoms with van der Waals surface area (Å²) in [7, 11) is 4.04. The maximum atomic E-state index is 6.25. The molecule has 2 heterocycles. The van der Waals surface area contributed by atoms with Crippen molar-refractivity contribution in [2.24, 2.45) is 7.05 Å². The number of hydrogen-bond donors (Lipinski definition) is 1. The lowest BCUT2D eigenvalue weighted by atomic mass is 10.3. The predicted octanol–water partition coefficient (Wildman–Crippen LogP) is 2.92. The Balaban J connectivity index is 2.02. The lowest BCUT2D eigenvalue weighted by molar-refractivity contribution is 0.303. The van der Waals surface area contributed by atoms with E-state index in [1.165, 1.54) is 0 Å². The van der Waals surface area contributed by atoms with E-state index >= 15 is 0 Å². The number of anilines is 1. The average molecular weight is 308 g/mol. The van der Waals surface area contributed by atoms with Gasteiger partial charge in [-0.1, -0.05) is 18.5 Å². The molecule has 0 spiro atoms. The molecule has 0 atom stereocenters. The van der Waals surface area contributed by atoms with Gasteiger partial charge in [0.25, 0.3) is 0 Å². The first-order chi connectivity index (χ1) is 10.1. The maximum absolute atomic E-state index is 6.25. The van der Waals surface area contributed by atoms with Gasteiger partial charge < -0.3 is 9.88 Å². The summed E-state index contributed by atoms with van der Waals surface area (Å²) < 4.78 is 2.02. The molecule has 0 saturated heterocycles. The summed E-state index contributed by atoms with van der Waals surface area (Å²) in [4.78, 5) is 11.1. The summed E-state index contributed by atoms with van der Waals surface area (Å²) in [5, 5.41) is 3.98. The Kier molecular flexibility index (Phi) is 5.59. The second-order valence-corrected chi connectivity index (χ2v) is 5.59. The third kappa shape index (κ3) is 4.44. The van der Waals surface area contributed by atoms with Crippen LogP contribution in [0.1, 0.15) is 24.9 Å². The van der Waals surface area contributed by atoms with Gasteiger partial charge >= 0.3 is 0 Å². The van der Waals surface area contributed by atoms with Crippen molar-refractivity contribution in [2.75, 3.05) is 18.9 Å². The summed E-state index contributed by atoms with van der Waals surface area (Å²) in [6, 6.07) is 3.82. The van der Waals surface area contributed by atoms with Crippen molar-refractivity contribution >= 4 is 17.4 Å². The number of rotatable bonds is 7. The molecule has 1 N–H and O–H groups in total. The lowest BCUT2D eigenvalue weighted by Crippen LogP contribution is -2.20. The first kappa shape index (κ1) is 15.8. The van der Waals surface area contributed by atoms with Crippen LogP contribution >= 0.6 is 11.6 Å². The van der Waals surface area contributed by atoms with Gasteiger partial charge in [-0.15, -0.1) is 0 Å². The summed E-state index contributed by atoms with van der Waals surface area (Å²) in [5.41, 5.74) is 0.884. The number of halogens is 1. The molecule has 2 rings (SSSR count). The molecule has 0 saturated carbocycles. The second-order valence-electron chi connectivity index (χ2n) is 5.18. The molecule has 0 aromatic carbocycles. The summed E-state index contributed by atoms with van der Waals surface area (Å²) in [5.74, 6) is 1.90. The Morgan fingerprint density at radius 2 is 2.14 bits per heavy atom. The van der Waals surface area contributed by atoms with Crippen molar-refractivity contribution < 1.29 is 0 Å². The number of nitrogens with zero attached hydrogens (tertiary/aromatic N) is 4. The Labute approximate surface area is 131 Å². The standard InChI is InChI=1S/C15H22ClN5/c1-4-7-17-14-6-5-12(16)13(19-14)10-20(2)11-15-18-8-9-21(15)3/h5-6,8-9H,4,7,10-11H2,1-3H3,(H,17,19). The van der Waals surface area contributed by atoms with Crippen molar-refractivity contribution in [1.29, 1.82) is 0 Å². The molecule has 0 aliphatic heterocycles. The summed E-state index contributed by atoms with van der Waals surface area (Å²) >= 11 is 6.25. The molecule has 2 aromatic heterocycles. The minimum atomic E-state index is 0.688. The smallest absolute Gasteiger partial charge is 0.126 e. The second kappa shape index (κ2) is 7.43. The van der Waals surface area contributed by atoms with E-state index in [9.17, 15) is 0 Å². The Hall–Kier alpha value is -1.59. The van der Waals surface area contributed by atoms with Crippen LogP contribution in [-0.2, 0) is 20.1 Å². The quantitative estimate of drug-likeness (QED) is 0.854. The van der Waals surface area contributed by atoms with E-state index in [0.717, 1.165) is 36.8 Å². The zero-order valence-corrected chi connectivity index (χ0v) is 13.6. The van der Waals surface area contributed by atoms with Gasteiger partial charge in [-0.25, -0.2) is 9.97 Å². The van der Waals surface area contributed by atoms with Crippen molar-refractivity contribution in [1.82, 2.24) is 19.4 Å². The van der Waals surface area contributed by atoms with Gasteiger partial charge in [0.1, 0.15) is 11.6 Å². The molecule has 5 nitrogen and oxygen atoms in total. The monoisotopic (exact) mass is 307 g/mol. The highest BCUT2D eigenvalue weighted by Crippen LogP contribution is 2.18. The van der Waals surface area contributed by atoms with Crippen molar-refractivity contribution in [3.63, 3.8) is 0 Å². The fourth-order valence-corrected chi connectivity index (χ4v) is 2.21. The number of hydrogen-bond acceptors (Lipinski definition) is 4. The topological polar surface area (TPSA) is 46.0 Å². The molecule has 0 unspecified atom stereocenters. The largest absolute Gasteiger partial charge is 0.370 e. The number of aromatic nitrogens is 3. The maximum Gasteiger partial charge on any atom is 0.126 e. The molecule has 6 heteroatoms. The molecule has 0 bridgehead atoms. The zero-order chi connectivity index (χ0) is 15.2. The Morgan fingerprint density at radius 3 is 2.81 bits per heavy atom. The lowest BCUT2D eigenvalue weighted by Gasteiger charge is -2.17. The molecule has 21 heavy (non-hydrogen) atoms. The molecule has 0 radical (unpaired) electrons. The van der Waals surface area contributed by atoms with Crippen LogP contribution in [0.5, 0.6) is 0 Å². The SMILES string of the molecule is CCCNc1ccc(Cl)c(CN(C)Cc2nccn2C)n1. The number of nitrogens with one attached hydrogen (secondary N) is 1. The van der Waals surface area contributed by atoms with Crippen LogP contribution in [-0.4, -0.2) is 33.0 Å². The molecule has 114 valence electrons. The van der Waals surface area contributed by atoms with E-state index in [-0.39, 0.29) is 0 Å². The Bertz CT molecular complexity index is 581. The van der Waals surface area contributed by atoms with E-state index < -0.39 is 0 Å². The van der Waals surface area contributed by atoms with Gasteiger partial charge in [-0.2, -0.15) is 0 Å². The van der Waals surface area contributed by atoms with E-state index in [4.69, 9.17) is 11.6 Å². The van der Waals surface area contributed by atoms with Crippen LogP contribution in [0, 0.1) is 0 Å². The van der Waals surface area contributed by atoms with Gasteiger partial charge in [-0.05, 0) is 25.6 Å². The van der Waals surface area contributed by atoms with Crippen LogP contribution in [0.3, 0.4) is 0 Å². The third-order valence-corrected chi connectivity index (χ3v) is 3.57. The highest BCUT2D eigenvalue weighted by Gasteiger charge is 2.10. The van der Waals surface area contributed by atoms with Crippen molar-refractivity contribution in [3.05, 3.63) is 41.1 Å². The van der Waals surface area contributed by atoms with Crippen molar-refractivity contribution in [2.45, 2.75) is 26.4 Å². The molecule has 0 fully saturated rings. The molecule has 0 amide bonds. The summed E-state index contributed by atoms with van der Waals surface area (Å²) in [6.45, 7) is 4.49. The minimum Gasteiger partial charge on any atom is -0.370 e. The number of imidazole rings is 1. The molecule has 0 aliphatic carbocycles. The van der Waals surface area contributed by atoms with Gasteiger partial charge in [0.15, 0.2) is 0 Å². The predicted molar refractivity (Wildman–Crippen MR) is 86.4 cm³/mol. The Morgan fingerprint density at radius 1 is 1.33 bits per heavy atom. The van der Waals surface area contributed by atoms with Crippen LogP contribution in [0.2, 0.25) is 5.02 Å². The van der Waals surface area contributed by atoms with Crippen molar-refractivity contribution in [3.8, 4) is 0 Å². The normalized spacial score (nSPS) is 11.1. The highest BCUT2D eigenvalue weighted by molar-refractivity contribution is 6.31. The summed E-state index contributed by atoms with van der Waals surface area (Å²) in [6.07, 6.45) is 4.83. The van der Waals surface area contributed by atoms with Crippen LogP contribution in [0.15, 0.2) is 24.5 Å². The first-order valence-corrected chi connectivity index (χ1v) is 7.52. The number of pyridine rings is 1. The van der Waals surface area contributed by atoms with Gasteiger partial charge in [0.2, 0.25) is 0 Å². The molecule has 0 aliphatic rings. The molecular formula is C15H22ClN5. The van der Waals surface area contributed by atoms with Crippen LogP contribution in [0.4, 0.5) is 5.82 Å². The fraction of sp³-hybridized carbons (Fsp3) is 0.467. The van der Waals surface area contributed by atoms with E-state index in [1.54, 1.807) is 0 Å². The van der Waals surface area contributed by atoms with Gasteiger partial charge in [0, 0.05) is 32.5 Å². The third-order valence-electron chi connectivity index (χ3n) is 3.23. The molecule has 2 aromatic rings. The van der Waals surface area contributed by atoms with E-state index in [0.29, 0.717) is 11.6 Å². The van der Waals surface area contributed by atoms with Crippen LogP contribution < -0.4 is 5.32 Å². The first-order valence-electron chi connectivity index (χ1n) is 7.14. The van der Waals surface area contributed by atoms with E-state index in [2.05, 4.69) is 27.1 Å². The fourth-order valence-electron chi connectivity index (χ4n) is 2.05. The average Bonchev–Trinajstić information content (AvgIpc) is 2.85.